The molecule has 1 saturated heterocycles. The van der Waals surface area contributed by atoms with E-state index in [9.17, 15) is 9.18 Å². The first-order chi connectivity index (χ1) is 14.2. The minimum absolute atomic E-state index is 0.144. The summed E-state index contributed by atoms with van der Waals surface area (Å²) in [6.07, 6.45) is 4.49. The van der Waals surface area contributed by atoms with Crippen LogP contribution in [0.3, 0.4) is 0 Å². The summed E-state index contributed by atoms with van der Waals surface area (Å²) in [5.74, 6) is 2.20. The number of anilines is 1. The van der Waals surface area contributed by atoms with Crippen molar-refractivity contribution in [2.75, 3.05) is 23.4 Å². The van der Waals surface area contributed by atoms with E-state index >= 15 is 0 Å². The Morgan fingerprint density at radius 2 is 2.00 bits per heavy atom. The summed E-state index contributed by atoms with van der Waals surface area (Å²) >= 11 is 3.93. The van der Waals surface area contributed by atoms with Gasteiger partial charge in [-0.2, -0.15) is 5.10 Å². The molecule has 1 fully saturated rings. The number of amides is 1. The van der Waals surface area contributed by atoms with Gasteiger partial charge in [0, 0.05) is 18.1 Å². The summed E-state index contributed by atoms with van der Waals surface area (Å²) in [5.41, 5.74) is 1.96. The van der Waals surface area contributed by atoms with Crippen LogP contribution in [-0.2, 0) is 4.79 Å². The lowest BCUT2D eigenvalue weighted by molar-refractivity contribution is -0.118. The zero-order chi connectivity index (χ0) is 20.1. The average Bonchev–Trinajstić information content (AvgIpc) is 3.28. The lowest BCUT2D eigenvalue weighted by atomic mass is 10.2. The Kier molecular flexibility index (Phi) is 6.41. The van der Waals surface area contributed by atoms with Gasteiger partial charge in [-0.15, -0.1) is 23.5 Å². The van der Waals surface area contributed by atoms with Gasteiger partial charge < -0.3 is 10.1 Å². The molecule has 0 spiro atoms. The summed E-state index contributed by atoms with van der Waals surface area (Å²) < 4.78 is 21.7. The van der Waals surface area contributed by atoms with Gasteiger partial charge >= 0.3 is 0 Å². The number of hydrogen-bond donors (Lipinski definition) is 1. The molecule has 0 aliphatic carbocycles. The van der Waals surface area contributed by atoms with Crippen LogP contribution in [0.5, 0.6) is 5.75 Å². The van der Waals surface area contributed by atoms with Gasteiger partial charge in [0.05, 0.1) is 4.58 Å². The van der Waals surface area contributed by atoms with Crippen LogP contribution in [-0.4, -0.2) is 33.8 Å². The van der Waals surface area contributed by atoms with Crippen LogP contribution in [0.25, 0.3) is 5.69 Å². The Morgan fingerprint density at radius 3 is 2.69 bits per heavy atom. The van der Waals surface area contributed by atoms with Crippen molar-refractivity contribution in [2.45, 2.75) is 11.0 Å². The molecule has 1 amide bonds. The largest absolute Gasteiger partial charge is 0.484 e. The molecule has 1 N–H and O–H groups in total. The molecule has 3 aromatic rings. The molecule has 4 rings (SSSR count). The highest BCUT2D eigenvalue weighted by molar-refractivity contribution is 8.16. The Morgan fingerprint density at radius 1 is 1.21 bits per heavy atom. The van der Waals surface area contributed by atoms with Gasteiger partial charge in [0.2, 0.25) is 0 Å². The number of ether oxygens (including phenoxy) is 1. The number of carbonyl (C=O) groups excluding carboxylic acids is 1. The van der Waals surface area contributed by atoms with E-state index in [0.29, 0.717) is 21.7 Å². The van der Waals surface area contributed by atoms with Crippen molar-refractivity contribution in [3.63, 3.8) is 0 Å². The zero-order valence-electron chi connectivity index (χ0n) is 15.6. The normalized spacial score (nSPS) is 14.5. The molecule has 2 heterocycles. The molecule has 1 aromatic heterocycles. The van der Waals surface area contributed by atoms with E-state index in [2.05, 4.69) is 10.4 Å². The molecular weight excluding hydrogens is 409 g/mol. The van der Waals surface area contributed by atoms with Crippen molar-refractivity contribution < 1.29 is 13.9 Å². The molecule has 0 radical (unpaired) electrons. The number of nitrogens with one attached hydrogen (secondary N) is 1. The van der Waals surface area contributed by atoms with Gasteiger partial charge in [0.25, 0.3) is 5.91 Å². The van der Waals surface area contributed by atoms with Gasteiger partial charge in [-0.25, -0.2) is 9.07 Å². The Balaban J connectivity index is 1.30. The summed E-state index contributed by atoms with van der Waals surface area (Å²) in [7, 11) is 0. The van der Waals surface area contributed by atoms with E-state index in [4.69, 9.17) is 4.74 Å². The molecule has 8 heteroatoms. The maximum atomic E-state index is 14.3. The van der Waals surface area contributed by atoms with E-state index in [0.717, 1.165) is 0 Å². The fraction of sp³-hybridized carbons (Fsp3) is 0.238. The smallest absolute Gasteiger partial charge is 0.262 e. The lowest BCUT2D eigenvalue weighted by Gasteiger charge is -2.21. The SMILES string of the molecule is O=C(COc1ccc(C2SCCCS2)cc1)Nc1ccc(-n2cccn2)c(F)c1. The lowest BCUT2D eigenvalue weighted by Crippen LogP contribution is -2.20. The van der Waals surface area contributed by atoms with Gasteiger partial charge in [0.1, 0.15) is 11.4 Å². The van der Waals surface area contributed by atoms with E-state index < -0.39 is 5.82 Å². The van der Waals surface area contributed by atoms with Crippen molar-refractivity contribution >= 4 is 35.1 Å². The first-order valence-electron chi connectivity index (χ1n) is 9.24. The molecule has 1 aliphatic heterocycles. The van der Waals surface area contributed by atoms with Crippen molar-refractivity contribution in [3.8, 4) is 11.4 Å². The van der Waals surface area contributed by atoms with Crippen LogP contribution in [0, 0.1) is 5.82 Å². The van der Waals surface area contributed by atoms with Gasteiger partial charge in [-0.05, 0) is 59.9 Å². The Labute approximate surface area is 177 Å². The molecule has 150 valence electrons. The average molecular weight is 430 g/mol. The van der Waals surface area contributed by atoms with Crippen LogP contribution in [0.4, 0.5) is 10.1 Å². The number of halogens is 1. The molecule has 5 nitrogen and oxygen atoms in total. The summed E-state index contributed by atoms with van der Waals surface area (Å²) in [4.78, 5) is 12.1. The number of aromatic nitrogens is 2. The fourth-order valence-electron chi connectivity index (χ4n) is 2.93. The van der Waals surface area contributed by atoms with Crippen molar-refractivity contribution in [1.29, 1.82) is 0 Å². The van der Waals surface area contributed by atoms with E-state index in [1.54, 1.807) is 30.6 Å². The molecule has 2 aromatic carbocycles. The Bertz CT molecular complexity index is 959. The highest BCUT2D eigenvalue weighted by Crippen LogP contribution is 2.43. The van der Waals surface area contributed by atoms with E-state index in [1.807, 2.05) is 47.8 Å². The van der Waals surface area contributed by atoms with Crippen LogP contribution < -0.4 is 10.1 Å². The molecule has 1 aliphatic rings. The predicted molar refractivity (Wildman–Crippen MR) is 116 cm³/mol. The predicted octanol–water partition coefficient (Wildman–Crippen LogP) is 4.90. The molecule has 0 saturated carbocycles. The number of thioether (sulfide) groups is 2. The second-order valence-electron chi connectivity index (χ2n) is 6.45. The number of nitrogens with zero attached hydrogens (tertiary/aromatic N) is 2. The molecule has 0 atom stereocenters. The number of benzene rings is 2. The van der Waals surface area contributed by atoms with Crippen LogP contribution >= 0.6 is 23.5 Å². The van der Waals surface area contributed by atoms with Gasteiger partial charge in [0.15, 0.2) is 12.4 Å². The number of carbonyl (C=O) groups is 1. The summed E-state index contributed by atoms with van der Waals surface area (Å²) in [5, 5.41) is 6.65. The van der Waals surface area contributed by atoms with E-state index in [1.165, 1.54) is 34.2 Å². The second-order valence-corrected chi connectivity index (χ2v) is 9.17. The standard InChI is InChI=1S/C21H20FN3O2S2/c22-18-13-16(5-8-19(18)25-10-1-9-23-25)24-20(26)14-27-17-6-3-15(4-7-17)21-28-11-2-12-29-21/h1,3-10,13,21H,2,11-12,14H2,(H,24,26). The summed E-state index contributed by atoms with van der Waals surface area (Å²) in [6.45, 7) is -0.144. The molecule has 0 unspecified atom stereocenters. The quantitative estimate of drug-likeness (QED) is 0.604. The molecular formula is C21H20FN3O2S2. The highest BCUT2D eigenvalue weighted by atomic mass is 32.2. The Hall–Kier alpha value is -2.45. The monoisotopic (exact) mass is 429 g/mol. The number of rotatable bonds is 6. The van der Waals surface area contributed by atoms with Crippen molar-refractivity contribution in [3.05, 3.63) is 72.3 Å². The maximum Gasteiger partial charge on any atom is 0.262 e. The van der Waals surface area contributed by atoms with Crippen molar-refractivity contribution in [1.82, 2.24) is 9.78 Å². The molecule has 29 heavy (non-hydrogen) atoms. The van der Waals surface area contributed by atoms with Crippen LogP contribution in [0.2, 0.25) is 0 Å². The first kappa shape index (κ1) is 19.8. The van der Waals surface area contributed by atoms with Gasteiger partial charge in [-0.3, -0.25) is 4.79 Å². The highest BCUT2D eigenvalue weighted by Gasteiger charge is 2.16. The van der Waals surface area contributed by atoms with E-state index in [-0.39, 0.29) is 12.5 Å². The summed E-state index contributed by atoms with van der Waals surface area (Å²) in [6, 6.07) is 14.0. The first-order valence-corrected chi connectivity index (χ1v) is 11.3. The number of hydrogen-bond acceptors (Lipinski definition) is 5. The minimum Gasteiger partial charge on any atom is -0.484 e. The van der Waals surface area contributed by atoms with Crippen LogP contribution in [0.15, 0.2) is 60.9 Å². The second kappa shape index (κ2) is 9.37. The third kappa shape index (κ3) is 5.13. The zero-order valence-corrected chi connectivity index (χ0v) is 17.2. The maximum absolute atomic E-state index is 14.3. The minimum atomic E-state index is -0.471. The topological polar surface area (TPSA) is 56.1 Å². The van der Waals surface area contributed by atoms with Crippen molar-refractivity contribution in [2.24, 2.45) is 0 Å². The van der Waals surface area contributed by atoms with Crippen LogP contribution in [0.1, 0.15) is 16.6 Å². The third-order valence-electron chi connectivity index (χ3n) is 4.33. The van der Waals surface area contributed by atoms with Gasteiger partial charge in [-0.1, -0.05) is 12.1 Å². The molecule has 0 bridgehead atoms. The fourth-order valence-corrected chi connectivity index (χ4v) is 5.82. The third-order valence-corrected chi connectivity index (χ3v) is 7.35.